The predicted octanol–water partition coefficient (Wildman–Crippen LogP) is 4.94. The van der Waals surface area contributed by atoms with E-state index in [1.165, 1.54) is 0 Å². The molecule has 2 unspecified atom stereocenters. The molecule has 0 spiro atoms. The van der Waals surface area contributed by atoms with Gasteiger partial charge in [0, 0.05) is 0 Å². The molecule has 0 aromatic rings. The molecule has 0 aromatic heterocycles. The van der Waals surface area contributed by atoms with Crippen molar-refractivity contribution in [3.63, 3.8) is 0 Å². The number of halogens is 1. The summed E-state index contributed by atoms with van der Waals surface area (Å²) < 4.78 is 16.0. The molecule has 9 heteroatoms. The number of nitrogens with zero attached hydrogens (tertiary/aromatic N) is 1. The minimum absolute atomic E-state index is 0.220. The van der Waals surface area contributed by atoms with Crippen LogP contribution in [0.1, 0.15) is 91.4 Å². The van der Waals surface area contributed by atoms with Crippen LogP contribution in [0.5, 0.6) is 0 Å². The summed E-state index contributed by atoms with van der Waals surface area (Å²) in [6, 6.07) is 0. The SMILES string of the molecule is CCCCCCC1OB([O][Sn])OC(CCCC)(CCCC)C1(Br)[N+](=O)[O-]. The van der Waals surface area contributed by atoms with E-state index in [0.29, 0.717) is 19.3 Å². The molecule has 0 bridgehead atoms. The van der Waals surface area contributed by atoms with E-state index in [0.717, 1.165) is 74.3 Å². The van der Waals surface area contributed by atoms with Crippen LogP contribution < -0.4 is 0 Å². The van der Waals surface area contributed by atoms with Crippen LogP contribution >= 0.6 is 15.9 Å². The molecule has 149 valence electrons. The van der Waals surface area contributed by atoms with Crippen molar-refractivity contribution in [3.8, 4) is 0 Å². The Hall–Kier alpha value is 0.624. The number of nitro groups is 1. The zero-order chi connectivity index (χ0) is 19.6. The van der Waals surface area contributed by atoms with E-state index in [1.54, 1.807) is 0 Å². The van der Waals surface area contributed by atoms with Gasteiger partial charge in [0.05, 0.1) is 0 Å². The fourth-order valence-corrected chi connectivity index (χ4v) is 4.80. The standard InChI is InChI=1S/C17H32BBrNO5.Sn/c1-4-7-10-11-12-15-17(19,20(22)23)16(13-8-5-2,14-9-6-3)25-18(21)24-15;/h15H,4-14H2,1-3H3;/q-1;+1. The number of unbranched alkanes of at least 4 members (excludes halogenated alkanes) is 5. The molecular weight excluding hydrogens is 508 g/mol. The van der Waals surface area contributed by atoms with Crippen LogP contribution in [0.4, 0.5) is 0 Å². The van der Waals surface area contributed by atoms with Gasteiger partial charge in [0.25, 0.3) is 0 Å². The molecule has 2 atom stereocenters. The van der Waals surface area contributed by atoms with E-state index in [9.17, 15) is 10.1 Å². The Morgan fingerprint density at radius 2 is 1.69 bits per heavy atom. The van der Waals surface area contributed by atoms with Gasteiger partial charge in [0.1, 0.15) is 0 Å². The summed E-state index contributed by atoms with van der Waals surface area (Å²) in [5.74, 6) is 0. The minimum atomic E-state index is -1.44. The van der Waals surface area contributed by atoms with Crippen molar-refractivity contribution in [1.29, 1.82) is 0 Å². The summed E-state index contributed by atoms with van der Waals surface area (Å²) in [6.45, 7) is 6.34. The molecule has 3 radical (unpaired) electrons. The van der Waals surface area contributed by atoms with Crippen molar-refractivity contribution in [3.05, 3.63) is 10.1 Å². The van der Waals surface area contributed by atoms with Crippen molar-refractivity contribution in [1.82, 2.24) is 0 Å². The summed E-state index contributed by atoms with van der Waals surface area (Å²) in [5, 5.41) is 12.3. The molecule has 0 saturated carbocycles. The van der Waals surface area contributed by atoms with Crippen LogP contribution in [0.2, 0.25) is 0 Å². The van der Waals surface area contributed by atoms with Crippen LogP contribution in [0.15, 0.2) is 0 Å². The normalized spacial score (nSPS) is 25.4. The zero-order valence-corrected chi connectivity index (χ0v) is 20.7. The molecule has 26 heavy (non-hydrogen) atoms. The Labute approximate surface area is 180 Å². The van der Waals surface area contributed by atoms with E-state index in [-0.39, 0.29) is 4.92 Å². The van der Waals surface area contributed by atoms with Gasteiger partial charge in [-0.15, -0.1) is 0 Å². The van der Waals surface area contributed by atoms with Crippen LogP contribution in [0, 0.1) is 10.1 Å². The molecule has 1 fully saturated rings. The average molecular weight is 540 g/mol. The number of hydrogen-bond acceptors (Lipinski definition) is 5. The molecule has 0 amide bonds. The summed E-state index contributed by atoms with van der Waals surface area (Å²) in [7, 11) is -0.816. The van der Waals surface area contributed by atoms with E-state index < -0.39 is 23.5 Å². The number of alkyl halides is 1. The fraction of sp³-hybridized carbons (Fsp3) is 1.00. The quantitative estimate of drug-likeness (QED) is 0.0828. The van der Waals surface area contributed by atoms with Crippen molar-refractivity contribution >= 4 is 46.2 Å². The predicted molar refractivity (Wildman–Crippen MR) is 108 cm³/mol. The molecule has 0 N–H and O–H groups in total. The second kappa shape index (κ2) is 12.2. The Bertz CT molecular complexity index is 426. The second-order valence-corrected chi connectivity index (χ2v) is 9.01. The zero-order valence-electron chi connectivity index (χ0n) is 16.3. The Morgan fingerprint density at radius 3 is 2.15 bits per heavy atom. The maximum absolute atomic E-state index is 12.3. The summed E-state index contributed by atoms with van der Waals surface area (Å²) in [4.78, 5) is 12.1. The fourth-order valence-electron chi connectivity index (χ4n) is 3.68. The second-order valence-electron chi connectivity index (χ2n) is 7.13. The Morgan fingerprint density at radius 1 is 1.12 bits per heavy atom. The molecule has 1 aliphatic heterocycles. The molecule has 1 aliphatic rings. The molecule has 1 rings (SSSR count). The van der Waals surface area contributed by atoms with Gasteiger partial charge in [-0.1, -0.05) is 0 Å². The first-order chi connectivity index (χ1) is 12.4. The van der Waals surface area contributed by atoms with Gasteiger partial charge in [-0.05, 0) is 0 Å². The van der Waals surface area contributed by atoms with Crippen LogP contribution in [0.25, 0.3) is 0 Å². The van der Waals surface area contributed by atoms with Crippen LogP contribution in [-0.4, -0.2) is 51.3 Å². The van der Waals surface area contributed by atoms with Gasteiger partial charge in [-0.2, -0.15) is 0 Å². The van der Waals surface area contributed by atoms with Gasteiger partial charge in [0.15, 0.2) is 0 Å². The van der Waals surface area contributed by atoms with Gasteiger partial charge < -0.3 is 0 Å². The van der Waals surface area contributed by atoms with Gasteiger partial charge in [0.2, 0.25) is 0 Å². The molecule has 1 saturated heterocycles. The van der Waals surface area contributed by atoms with E-state index >= 15 is 0 Å². The first-order valence-electron chi connectivity index (χ1n) is 9.90. The van der Waals surface area contributed by atoms with E-state index in [1.807, 2.05) is 0 Å². The third-order valence-electron chi connectivity index (χ3n) is 5.21. The molecule has 6 nitrogen and oxygen atoms in total. The molecule has 0 aromatic carbocycles. The van der Waals surface area contributed by atoms with Crippen LogP contribution in [0.3, 0.4) is 0 Å². The number of hydrogen-bond donors (Lipinski definition) is 0. The third kappa shape index (κ3) is 5.81. The first-order valence-corrected chi connectivity index (χ1v) is 11.9. The molecule has 1 heterocycles. The van der Waals surface area contributed by atoms with E-state index in [4.69, 9.17) is 12.3 Å². The summed E-state index contributed by atoms with van der Waals surface area (Å²) in [5.41, 5.74) is -0.919. The van der Waals surface area contributed by atoms with Crippen molar-refractivity contribution in [2.24, 2.45) is 0 Å². The van der Waals surface area contributed by atoms with Crippen LogP contribution in [-0.2, 0) is 12.3 Å². The summed E-state index contributed by atoms with van der Waals surface area (Å²) in [6.07, 6.45) is 9.20. The third-order valence-corrected chi connectivity index (χ3v) is 7.29. The van der Waals surface area contributed by atoms with Crippen molar-refractivity contribution in [2.75, 3.05) is 0 Å². The van der Waals surface area contributed by atoms with Gasteiger partial charge in [-0.25, -0.2) is 0 Å². The maximum atomic E-state index is 12.3. The Balaban J connectivity index is 3.19. The average Bonchev–Trinajstić information content (AvgIpc) is 2.64. The monoisotopic (exact) mass is 540 g/mol. The first kappa shape index (κ1) is 24.7. The molecular formula is C17H32BBrNO5Sn. The topological polar surface area (TPSA) is 70.8 Å². The summed E-state index contributed by atoms with van der Waals surface area (Å²) >= 11 is 4.38. The Kier molecular flexibility index (Phi) is 11.6. The molecule has 0 aliphatic carbocycles. The van der Waals surface area contributed by atoms with Crippen molar-refractivity contribution in [2.45, 2.75) is 108 Å². The number of rotatable bonds is 13. The van der Waals surface area contributed by atoms with E-state index in [2.05, 4.69) is 36.7 Å². The van der Waals surface area contributed by atoms with Crippen molar-refractivity contribution < 1.29 is 17.2 Å². The van der Waals surface area contributed by atoms with Gasteiger partial charge >= 0.3 is 181 Å². The van der Waals surface area contributed by atoms with Gasteiger partial charge in [-0.3, -0.25) is 0 Å².